The van der Waals surface area contributed by atoms with Crippen molar-refractivity contribution in [1.29, 1.82) is 0 Å². The van der Waals surface area contributed by atoms with Crippen LogP contribution in [0.15, 0.2) is 77.1 Å². The van der Waals surface area contributed by atoms with Crippen molar-refractivity contribution in [1.82, 2.24) is 15.1 Å². The lowest BCUT2D eigenvalue weighted by Gasteiger charge is -2.28. The Labute approximate surface area is 198 Å². The van der Waals surface area contributed by atoms with Crippen molar-refractivity contribution in [3.8, 4) is 0 Å². The molecule has 0 unspecified atom stereocenters. The standard InChI is InChI=1S/C27H27N3O4/c1-27(21-14-13-19-8-5-6-9-20(19)16-21)25(32)30(26(33)28-27)18-24(31)29(17-23-12-7-15-34-23)22-10-3-2-4-11-22/h5-10,12-16H,2-4,11,17-18H2,1H3,(H,28,33)/t27-/m0/s1. The van der Waals surface area contributed by atoms with Crippen molar-refractivity contribution in [3.05, 3.63) is 84.0 Å². The minimum absolute atomic E-state index is 0.267. The summed E-state index contributed by atoms with van der Waals surface area (Å²) in [5.41, 5.74) is 0.357. The van der Waals surface area contributed by atoms with Crippen LogP contribution in [-0.4, -0.2) is 34.2 Å². The third-order valence-corrected chi connectivity index (χ3v) is 6.70. The number of hydrogen-bond acceptors (Lipinski definition) is 4. The van der Waals surface area contributed by atoms with Gasteiger partial charge in [0.05, 0.1) is 12.8 Å². The first kappa shape index (κ1) is 21.9. The van der Waals surface area contributed by atoms with Crippen LogP contribution >= 0.6 is 0 Å². The Morgan fingerprint density at radius 2 is 1.91 bits per heavy atom. The normalized spacial score (nSPS) is 20.4. The molecule has 1 saturated heterocycles. The molecule has 2 aromatic carbocycles. The summed E-state index contributed by atoms with van der Waals surface area (Å²) in [6.45, 7) is 1.63. The molecule has 0 radical (unpaired) electrons. The van der Waals surface area contributed by atoms with Gasteiger partial charge >= 0.3 is 6.03 Å². The number of amides is 4. The number of nitrogens with one attached hydrogen (secondary N) is 1. The van der Waals surface area contributed by atoms with E-state index in [1.165, 1.54) is 0 Å². The first-order chi connectivity index (χ1) is 16.5. The number of urea groups is 1. The highest BCUT2D eigenvalue weighted by Gasteiger charge is 2.50. The molecule has 3 aromatic rings. The molecule has 7 nitrogen and oxygen atoms in total. The Morgan fingerprint density at radius 3 is 2.65 bits per heavy atom. The Hall–Kier alpha value is -3.87. The number of imide groups is 1. The highest BCUT2D eigenvalue weighted by atomic mass is 16.3. The van der Waals surface area contributed by atoms with Gasteiger partial charge in [-0.1, -0.05) is 42.5 Å². The van der Waals surface area contributed by atoms with Gasteiger partial charge in [0.25, 0.3) is 5.91 Å². The molecule has 0 spiro atoms. The van der Waals surface area contributed by atoms with Crippen molar-refractivity contribution in [2.75, 3.05) is 6.54 Å². The molecule has 1 aliphatic heterocycles. The van der Waals surface area contributed by atoms with Crippen LogP contribution in [0.4, 0.5) is 4.79 Å². The van der Waals surface area contributed by atoms with Gasteiger partial charge in [0.1, 0.15) is 17.8 Å². The Balaban J connectivity index is 1.39. The van der Waals surface area contributed by atoms with Gasteiger partial charge in [0, 0.05) is 5.70 Å². The first-order valence-electron chi connectivity index (χ1n) is 11.6. The molecule has 1 fully saturated rings. The topological polar surface area (TPSA) is 82.9 Å². The van der Waals surface area contributed by atoms with Gasteiger partial charge in [-0.25, -0.2) is 4.79 Å². The molecule has 1 aliphatic carbocycles. The predicted molar refractivity (Wildman–Crippen MR) is 127 cm³/mol. The third-order valence-electron chi connectivity index (χ3n) is 6.70. The highest BCUT2D eigenvalue weighted by Crippen LogP contribution is 2.31. The van der Waals surface area contributed by atoms with Crippen LogP contribution in [0.25, 0.3) is 10.8 Å². The number of benzene rings is 2. The molecule has 7 heteroatoms. The number of nitrogens with zero attached hydrogens (tertiary/aromatic N) is 2. The molecular formula is C27H27N3O4. The Morgan fingerprint density at radius 1 is 1.09 bits per heavy atom. The smallest absolute Gasteiger partial charge is 0.325 e. The molecule has 1 N–H and O–H groups in total. The lowest BCUT2D eigenvalue weighted by atomic mass is 9.90. The summed E-state index contributed by atoms with van der Waals surface area (Å²) in [5.74, 6) is -0.0921. The maximum absolute atomic E-state index is 13.5. The predicted octanol–water partition coefficient (Wildman–Crippen LogP) is 4.69. The van der Waals surface area contributed by atoms with E-state index in [1.54, 1.807) is 24.2 Å². The number of allylic oxidation sites excluding steroid dienone is 2. The molecule has 174 valence electrons. The zero-order valence-electron chi connectivity index (χ0n) is 19.1. The van der Waals surface area contributed by atoms with E-state index in [9.17, 15) is 14.4 Å². The monoisotopic (exact) mass is 457 g/mol. The Kier molecular flexibility index (Phi) is 5.69. The second kappa shape index (κ2) is 8.82. The summed E-state index contributed by atoms with van der Waals surface area (Å²) in [6.07, 6.45) is 7.40. The summed E-state index contributed by atoms with van der Waals surface area (Å²) < 4.78 is 5.46. The van der Waals surface area contributed by atoms with E-state index in [2.05, 4.69) is 11.4 Å². The van der Waals surface area contributed by atoms with E-state index in [-0.39, 0.29) is 19.0 Å². The number of carbonyl (C=O) groups excluding carboxylic acids is 3. The number of fused-ring (bicyclic) bond motifs is 1. The molecule has 0 bridgehead atoms. The maximum atomic E-state index is 13.5. The van der Waals surface area contributed by atoms with Gasteiger partial charge in [-0.05, 0) is 67.1 Å². The average Bonchev–Trinajstić information content (AvgIpc) is 3.45. The van der Waals surface area contributed by atoms with E-state index in [0.717, 1.165) is 47.1 Å². The van der Waals surface area contributed by atoms with Crippen molar-refractivity contribution < 1.29 is 18.8 Å². The van der Waals surface area contributed by atoms with Crippen LogP contribution in [0.5, 0.6) is 0 Å². The van der Waals surface area contributed by atoms with Crippen LogP contribution in [0.2, 0.25) is 0 Å². The summed E-state index contributed by atoms with van der Waals surface area (Å²) in [4.78, 5) is 42.4. The molecule has 34 heavy (non-hydrogen) atoms. The highest BCUT2D eigenvalue weighted by molar-refractivity contribution is 6.09. The van der Waals surface area contributed by atoms with Crippen LogP contribution < -0.4 is 5.32 Å². The largest absolute Gasteiger partial charge is 0.467 e. The molecule has 2 aliphatic rings. The fourth-order valence-corrected chi connectivity index (χ4v) is 4.73. The number of carbonyl (C=O) groups is 3. The van der Waals surface area contributed by atoms with E-state index >= 15 is 0 Å². The summed E-state index contributed by atoms with van der Waals surface area (Å²) in [7, 11) is 0. The molecular weight excluding hydrogens is 430 g/mol. The minimum Gasteiger partial charge on any atom is -0.467 e. The van der Waals surface area contributed by atoms with E-state index in [1.807, 2.05) is 48.5 Å². The lowest BCUT2D eigenvalue weighted by molar-refractivity contribution is -0.138. The average molecular weight is 458 g/mol. The molecule has 4 amide bonds. The van der Waals surface area contributed by atoms with Crippen LogP contribution in [0.1, 0.15) is 43.9 Å². The van der Waals surface area contributed by atoms with Gasteiger partial charge in [0.15, 0.2) is 0 Å². The van der Waals surface area contributed by atoms with Crippen LogP contribution in [0.3, 0.4) is 0 Å². The van der Waals surface area contributed by atoms with Crippen molar-refractivity contribution in [2.24, 2.45) is 0 Å². The number of hydrogen-bond donors (Lipinski definition) is 1. The second-order valence-corrected chi connectivity index (χ2v) is 9.01. The number of rotatable bonds is 6. The van der Waals surface area contributed by atoms with Gasteiger partial charge in [-0.15, -0.1) is 0 Å². The molecule has 1 atom stereocenters. The fourth-order valence-electron chi connectivity index (χ4n) is 4.73. The zero-order valence-corrected chi connectivity index (χ0v) is 19.1. The first-order valence-corrected chi connectivity index (χ1v) is 11.6. The van der Waals surface area contributed by atoms with E-state index < -0.39 is 17.5 Å². The SMILES string of the molecule is C[C@@]1(c2ccc3ccccc3c2)NC(=O)N(CC(=O)N(Cc2ccco2)C2=CCCCC2)C1=O. The van der Waals surface area contributed by atoms with Crippen molar-refractivity contribution in [2.45, 2.75) is 44.7 Å². The number of furan rings is 1. The van der Waals surface area contributed by atoms with E-state index in [0.29, 0.717) is 11.3 Å². The van der Waals surface area contributed by atoms with Gasteiger partial charge < -0.3 is 14.6 Å². The molecule has 1 aromatic heterocycles. The fraction of sp³-hybridized carbons (Fsp3) is 0.296. The van der Waals surface area contributed by atoms with Crippen LogP contribution in [-0.2, 0) is 21.7 Å². The Bertz CT molecular complexity index is 1280. The summed E-state index contributed by atoms with van der Waals surface area (Å²) >= 11 is 0. The summed E-state index contributed by atoms with van der Waals surface area (Å²) in [6, 6.07) is 16.6. The maximum Gasteiger partial charge on any atom is 0.325 e. The van der Waals surface area contributed by atoms with E-state index in [4.69, 9.17) is 4.42 Å². The molecule has 0 saturated carbocycles. The van der Waals surface area contributed by atoms with Gasteiger partial charge in [-0.3, -0.25) is 14.5 Å². The molecule has 2 heterocycles. The zero-order chi connectivity index (χ0) is 23.7. The quantitative estimate of drug-likeness (QED) is 0.545. The van der Waals surface area contributed by atoms with Gasteiger partial charge in [-0.2, -0.15) is 0 Å². The summed E-state index contributed by atoms with van der Waals surface area (Å²) in [5, 5.41) is 4.84. The molecule has 5 rings (SSSR count). The van der Waals surface area contributed by atoms with Crippen LogP contribution in [0, 0.1) is 0 Å². The van der Waals surface area contributed by atoms with Crippen molar-refractivity contribution >= 4 is 28.6 Å². The van der Waals surface area contributed by atoms with Gasteiger partial charge in [0.2, 0.25) is 5.91 Å². The lowest BCUT2D eigenvalue weighted by Crippen LogP contribution is -2.44. The van der Waals surface area contributed by atoms with Crippen molar-refractivity contribution in [3.63, 3.8) is 0 Å². The third kappa shape index (κ3) is 3.98. The second-order valence-electron chi connectivity index (χ2n) is 9.01. The minimum atomic E-state index is -1.24.